The minimum atomic E-state index is -1.21. The van der Waals surface area contributed by atoms with Gasteiger partial charge in [0.15, 0.2) is 29.6 Å². The quantitative estimate of drug-likeness (QED) is 0.157. The zero-order valence-electron chi connectivity index (χ0n) is 22.7. The molecule has 0 aliphatic rings. The Morgan fingerprint density at radius 1 is 1.14 bits per heavy atom. The molecule has 7 N–H and O–H groups in total. The van der Waals surface area contributed by atoms with E-state index in [0.29, 0.717) is 29.1 Å². The number of fused-ring (bicyclic) bond motifs is 1. The first kappa shape index (κ1) is 29.8. The number of imidazole rings is 1. The Hall–Kier alpha value is -5.13. The van der Waals surface area contributed by atoms with Crippen molar-refractivity contribution in [2.45, 2.75) is 19.4 Å². The lowest BCUT2D eigenvalue weighted by Crippen LogP contribution is -2.47. The predicted octanol–water partition coefficient (Wildman–Crippen LogP) is 2.01. The number of anilines is 2. The number of benzene rings is 2. The lowest BCUT2D eigenvalue weighted by molar-refractivity contribution is -0.122. The summed E-state index contributed by atoms with van der Waals surface area (Å²) in [6.07, 6.45) is 5.01. The van der Waals surface area contributed by atoms with Crippen molar-refractivity contribution >= 4 is 29.0 Å². The second kappa shape index (κ2) is 13.5. The molecule has 0 aliphatic heterocycles. The van der Waals surface area contributed by atoms with Crippen LogP contribution in [0.4, 0.5) is 20.3 Å². The van der Waals surface area contributed by atoms with E-state index in [1.807, 2.05) is 6.92 Å². The van der Waals surface area contributed by atoms with Gasteiger partial charge in [-0.2, -0.15) is 9.65 Å². The number of hydrogen-bond donors (Lipinski definition) is 5. The van der Waals surface area contributed by atoms with Gasteiger partial charge in [0.25, 0.3) is 5.91 Å². The van der Waals surface area contributed by atoms with Crippen LogP contribution in [0.1, 0.15) is 22.8 Å². The molecule has 12 nitrogen and oxygen atoms in total. The number of carbonyl (C=O) groups excluding carboxylic acids is 2. The number of halogens is 2. The molecule has 14 heteroatoms. The Kier molecular flexibility index (Phi) is 9.58. The molecule has 218 valence electrons. The topological polar surface area (TPSA) is 185 Å². The third kappa shape index (κ3) is 6.43. The summed E-state index contributed by atoms with van der Waals surface area (Å²) in [5, 5.41) is 17.2. The summed E-state index contributed by atoms with van der Waals surface area (Å²) in [6.45, 7) is 1.93. The Morgan fingerprint density at radius 2 is 1.93 bits per heavy atom. The van der Waals surface area contributed by atoms with Crippen molar-refractivity contribution in [3.63, 3.8) is 0 Å². The van der Waals surface area contributed by atoms with Crippen LogP contribution in [0.2, 0.25) is 0 Å². The third-order valence-corrected chi connectivity index (χ3v) is 6.34. The highest BCUT2D eigenvalue weighted by atomic mass is 19.2. The lowest BCUT2D eigenvalue weighted by Gasteiger charge is -2.14. The van der Waals surface area contributed by atoms with Crippen LogP contribution in [-0.4, -0.2) is 58.5 Å². The fourth-order valence-electron chi connectivity index (χ4n) is 4.18. The summed E-state index contributed by atoms with van der Waals surface area (Å²) >= 11 is 0. The number of aromatic nitrogens is 3. The summed E-state index contributed by atoms with van der Waals surface area (Å²) in [5.74, 6) is -3.04. The van der Waals surface area contributed by atoms with Crippen LogP contribution < -0.4 is 32.2 Å². The van der Waals surface area contributed by atoms with E-state index in [2.05, 4.69) is 25.9 Å². The summed E-state index contributed by atoms with van der Waals surface area (Å²) < 4.78 is 36.0. The molecule has 42 heavy (non-hydrogen) atoms. The normalized spacial score (nSPS) is 11.5. The molecule has 0 saturated heterocycles. The number of ether oxygens (including phenoxy) is 1. The molecule has 4 aromatic rings. The van der Waals surface area contributed by atoms with E-state index >= 15 is 0 Å². The average Bonchev–Trinajstić information content (AvgIpc) is 3.44. The molecule has 2 aromatic heterocycles. The van der Waals surface area contributed by atoms with Gasteiger partial charge in [0.2, 0.25) is 11.7 Å². The zero-order valence-corrected chi connectivity index (χ0v) is 22.7. The molecule has 2 heterocycles. The number of nitrogens with two attached hydrogens (primary N) is 2. The van der Waals surface area contributed by atoms with E-state index in [0.717, 1.165) is 5.56 Å². The van der Waals surface area contributed by atoms with E-state index in [1.54, 1.807) is 34.9 Å². The number of nitrogens with one attached hydrogen (secondary N) is 3. The molecule has 2 aromatic carbocycles. The van der Waals surface area contributed by atoms with E-state index in [9.17, 15) is 18.4 Å². The fourth-order valence-corrected chi connectivity index (χ4v) is 4.18. The molecule has 1 atom stereocenters. The predicted molar refractivity (Wildman–Crippen MR) is 151 cm³/mol. The second-order valence-corrected chi connectivity index (χ2v) is 9.04. The molecule has 4 rings (SSSR count). The minimum Gasteiger partial charge on any atom is -0.476 e. The molecule has 0 bridgehead atoms. The van der Waals surface area contributed by atoms with Gasteiger partial charge in [-0.1, -0.05) is 6.92 Å². The van der Waals surface area contributed by atoms with Crippen molar-refractivity contribution in [2.75, 3.05) is 31.6 Å². The van der Waals surface area contributed by atoms with Gasteiger partial charge in [-0.3, -0.25) is 14.0 Å². The third-order valence-electron chi connectivity index (χ3n) is 6.34. The number of aryl methyl sites for hydroxylation is 1. The van der Waals surface area contributed by atoms with Crippen LogP contribution in [0.15, 0.2) is 48.9 Å². The van der Waals surface area contributed by atoms with Gasteiger partial charge in [-0.05, 0) is 42.3 Å². The molecular weight excluding hydrogens is 548 g/mol. The number of nitriles is 1. The SMILES string of the molecule is CCc1cc(Nc2nccn3c(-c4ccc(OCC#N)c(F)c4F)cnc23)ccc1C(=O)NCCNC(=O)[C@@H](N)CN. The molecule has 0 saturated carbocycles. The van der Waals surface area contributed by atoms with Crippen molar-refractivity contribution in [3.8, 4) is 23.1 Å². The van der Waals surface area contributed by atoms with Gasteiger partial charge < -0.3 is 32.2 Å². The van der Waals surface area contributed by atoms with E-state index < -0.39 is 24.3 Å². The zero-order chi connectivity index (χ0) is 30.2. The fraction of sp³-hybridized carbons (Fsp3) is 0.250. The highest BCUT2D eigenvalue weighted by Gasteiger charge is 2.20. The molecule has 0 fully saturated rings. The van der Waals surface area contributed by atoms with Gasteiger partial charge in [-0.25, -0.2) is 14.4 Å². The lowest BCUT2D eigenvalue weighted by atomic mass is 10.0. The number of rotatable bonds is 12. The molecule has 0 radical (unpaired) electrons. The van der Waals surface area contributed by atoms with E-state index in [4.69, 9.17) is 21.5 Å². The second-order valence-electron chi connectivity index (χ2n) is 9.04. The smallest absolute Gasteiger partial charge is 0.251 e. The van der Waals surface area contributed by atoms with Gasteiger partial charge in [0.1, 0.15) is 6.07 Å². The Morgan fingerprint density at radius 3 is 2.67 bits per heavy atom. The van der Waals surface area contributed by atoms with Crippen LogP contribution in [-0.2, 0) is 11.2 Å². The van der Waals surface area contributed by atoms with Crippen molar-refractivity contribution in [1.29, 1.82) is 5.26 Å². The maximum Gasteiger partial charge on any atom is 0.251 e. The van der Waals surface area contributed by atoms with Crippen LogP contribution in [0.5, 0.6) is 5.75 Å². The minimum absolute atomic E-state index is 0.0251. The summed E-state index contributed by atoms with van der Waals surface area (Å²) in [5.41, 5.74) is 13.4. The molecule has 0 spiro atoms. The number of nitrogens with zero attached hydrogens (tertiary/aromatic N) is 4. The summed E-state index contributed by atoms with van der Waals surface area (Å²) in [4.78, 5) is 33.2. The van der Waals surface area contributed by atoms with Crippen molar-refractivity contribution in [2.24, 2.45) is 11.5 Å². The number of amides is 2. The highest BCUT2D eigenvalue weighted by Crippen LogP contribution is 2.32. The van der Waals surface area contributed by atoms with Crippen molar-refractivity contribution < 1.29 is 23.1 Å². The molecule has 2 amide bonds. The van der Waals surface area contributed by atoms with Gasteiger partial charge in [0, 0.05) is 48.8 Å². The standard InChI is InChI=1S/C28H29F2N9O3/c1-2-16-13-17(3-4-18(16)27(40)35-8-9-36-28(41)20(33)14-32)38-25-26-37-15-21(39(26)11-10-34-25)19-5-6-22(42-12-7-31)24(30)23(19)29/h3-6,10-11,13,15,20H,2,8-9,12,14,32-33H2,1H3,(H,34,38)(H,35,40)(H,36,41)/t20-/m0/s1. The van der Waals surface area contributed by atoms with E-state index in [1.165, 1.54) is 24.5 Å². The Bertz CT molecular complexity index is 1650. The van der Waals surface area contributed by atoms with Crippen molar-refractivity contribution in [1.82, 2.24) is 25.0 Å². The van der Waals surface area contributed by atoms with Crippen LogP contribution >= 0.6 is 0 Å². The summed E-state index contributed by atoms with van der Waals surface area (Å²) in [6, 6.07) is 8.70. The number of hydrogen-bond acceptors (Lipinski definition) is 9. The first-order valence-corrected chi connectivity index (χ1v) is 13.0. The Balaban J connectivity index is 1.51. The largest absolute Gasteiger partial charge is 0.476 e. The molecule has 0 unspecified atom stereocenters. The van der Waals surface area contributed by atoms with E-state index in [-0.39, 0.29) is 48.5 Å². The average molecular weight is 578 g/mol. The summed E-state index contributed by atoms with van der Waals surface area (Å²) in [7, 11) is 0. The maximum absolute atomic E-state index is 14.9. The molecular formula is C28H29F2N9O3. The van der Waals surface area contributed by atoms with Gasteiger partial charge >= 0.3 is 0 Å². The van der Waals surface area contributed by atoms with Crippen molar-refractivity contribution in [3.05, 3.63) is 71.7 Å². The maximum atomic E-state index is 14.9. The highest BCUT2D eigenvalue weighted by molar-refractivity contribution is 5.96. The Labute approximate surface area is 239 Å². The van der Waals surface area contributed by atoms with Crippen LogP contribution in [0.3, 0.4) is 0 Å². The monoisotopic (exact) mass is 577 g/mol. The first-order chi connectivity index (χ1) is 20.3. The first-order valence-electron chi connectivity index (χ1n) is 13.0. The molecule has 0 aliphatic carbocycles. The van der Waals surface area contributed by atoms with Crippen LogP contribution in [0, 0.1) is 23.0 Å². The van der Waals surface area contributed by atoms with Gasteiger partial charge in [-0.15, -0.1) is 0 Å². The number of carbonyl (C=O) groups is 2. The van der Waals surface area contributed by atoms with Crippen LogP contribution in [0.25, 0.3) is 16.9 Å². The van der Waals surface area contributed by atoms with Gasteiger partial charge in [0.05, 0.1) is 17.9 Å².